The predicted octanol–water partition coefficient (Wildman–Crippen LogP) is 4.21. The smallest absolute Gasteiger partial charge is 0.326 e. The van der Waals surface area contributed by atoms with Crippen LogP contribution in [-0.4, -0.2) is 47.0 Å². The van der Waals surface area contributed by atoms with Crippen molar-refractivity contribution in [3.63, 3.8) is 0 Å². The molecule has 1 saturated heterocycles. The Morgan fingerprint density at radius 2 is 1.71 bits per heavy atom. The van der Waals surface area contributed by atoms with Gasteiger partial charge in [0, 0.05) is 49.3 Å². The SMILES string of the molecule is Cc1ccnc(NCC2CC(=O)N(c3ccc(C[C@@H](NC(=O)c4c(C)cc(C)cc4C)C(=O)O)cc3)C2)c1. The molecule has 2 aromatic carbocycles. The minimum atomic E-state index is -1.10. The average molecular weight is 515 g/mol. The van der Waals surface area contributed by atoms with E-state index in [1.165, 1.54) is 0 Å². The highest BCUT2D eigenvalue weighted by molar-refractivity contribution is 5.99. The van der Waals surface area contributed by atoms with Crippen molar-refractivity contribution in [2.45, 2.75) is 46.6 Å². The van der Waals surface area contributed by atoms with E-state index in [0.717, 1.165) is 39.3 Å². The van der Waals surface area contributed by atoms with Crippen LogP contribution in [0.2, 0.25) is 0 Å². The summed E-state index contributed by atoms with van der Waals surface area (Å²) in [5, 5.41) is 15.8. The second-order valence-electron chi connectivity index (χ2n) is 10.2. The third kappa shape index (κ3) is 6.37. The van der Waals surface area contributed by atoms with Crippen LogP contribution in [0, 0.1) is 33.6 Å². The fourth-order valence-electron chi connectivity index (χ4n) is 5.07. The van der Waals surface area contributed by atoms with Crippen LogP contribution in [0.15, 0.2) is 54.7 Å². The summed E-state index contributed by atoms with van der Waals surface area (Å²) >= 11 is 0. The number of hydrogen-bond acceptors (Lipinski definition) is 5. The number of rotatable bonds is 9. The van der Waals surface area contributed by atoms with E-state index in [1.807, 2.05) is 76.2 Å². The third-order valence-electron chi connectivity index (χ3n) is 6.89. The number of aromatic nitrogens is 1. The van der Waals surface area contributed by atoms with E-state index in [2.05, 4.69) is 15.6 Å². The van der Waals surface area contributed by atoms with Crippen molar-refractivity contribution in [2.75, 3.05) is 23.3 Å². The van der Waals surface area contributed by atoms with Crippen molar-refractivity contribution < 1.29 is 19.5 Å². The topological polar surface area (TPSA) is 112 Å². The standard InChI is InChI=1S/C30H34N4O4/c1-18-9-10-31-26(13-18)32-16-23-15-27(35)34(17-23)24-7-5-22(6-8-24)14-25(30(37)38)33-29(36)28-20(3)11-19(2)12-21(28)4/h5-13,23,25H,14-17H2,1-4H3,(H,31,32)(H,33,36)(H,37,38)/t23?,25-/m1/s1. The molecule has 2 heterocycles. The van der Waals surface area contributed by atoms with Crippen molar-refractivity contribution in [2.24, 2.45) is 5.92 Å². The number of pyridine rings is 1. The maximum atomic E-state index is 12.9. The monoisotopic (exact) mass is 514 g/mol. The molecule has 0 spiro atoms. The first-order valence-corrected chi connectivity index (χ1v) is 12.8. The van der Waals surface area contributed by atoms with Gasteiger partial charge in [-0.3, -0.25) is 9.59 Å². The van der Waals surface area contributed by atoms with Crippen molar-refractivity contribution in [1.82, 2.24) is 10.3 Å². The molecule has 1 unspecified atom stereocenters. The number of aryl methyl sites for hydroxylation is 4. The fraction of sp³-hybridized carbons (Fsp3) is 0.333. The second kappa shape index (κ2) is 11.5. The lowest BCUT2D eigenvalue weighted by Gasteiger charge is -2.19. The molecule has 0 bridgehead atoms. The van der Waals surface area contributed by atoms with E-state index in [1.54, 1.807) is 11.1 Å². The zero-order valence-electron chi connectivity index (χ0n) is 22.2. The van der Waals surface area contributed by atoms with Gasteiger partial charge in [-0.15, -0.1) is 0 Å². The summed E-state index contributed by atoms with van der Waals surface area (Å²) in [5.74, 6) is -0.482. The second-order valence-corrected chi connectivity index (χ2v) is 10.2. The van der Waals surface area contributed by atoms with Gasteiger partial charge in [-0.2, -0.15) is 0 Å². The Morgan fingerprint density at radius 1 is 1.03 bits per heavy atom. The molecule has 4 rings (SSSR count). The Bertz CT molecular complexity index is 1330. The van der Waals surface area contributed by atoms with Gasteiger partial charge in [-0.1, -0.05) is 29.8 Å². The number of anilines is 2. The van der Waals surface area contributed by atoms with E-state index >= 15 is 0 Å². The normalized spacial score (nSPS) is 15.8. The average Bonchev–Trinajstić information content (AvgIpc) is 3.22. The molecule has 198 valence electrons. The summed E-state index contributed by atoms with van der Waals surface area (Å²) in [6.07, 6.45) is 2.34. The van der Waals surface area contributed by atoms with E-state index in [0.29, 0.717) is 25.1 Å². The Hall–Kier alpha value is -4.20. The number of carboxylic acid groups (broad SMARTS) is 1. The van der Waals surface area contributed by atoms with Gasteiger partial charge in [0.1, 0.15) is 11.9 Å². The number of amides is 2. The number of carbonyl (C=O) groups is 3. The van der Waals surface area contributed by atoms with Crippen molar-refractivity contribution in [1.29, 1.82) is 0 Å². The van der Waals surface area contributed by atoms with Crippen molar-refractivity contribution >= 4 is 29.3 Å². The number of aliphatic carboxylic acids is 1. The molecule has 2 atom stereocenters. The highest BCUT2D eigenvalue weighted by Gasteiger charge is 2.30. The maximum absolute atomic E-state index is 12.9. The highest BCUT2D eigenvalue weighted by atomic mass is 16.4. The molecular formula is C30H34N4O4. The van der Waals surface area contributed by atoms with Gasteiger partial charge >= 0.3 is 5.97 Å². The number of benzene rings is 2. The van der Waals surface area contributed by atoms with Gasteiger partial charge in [-0.25, -0.2) is 9.78 Å². The van der Waals surface area contributed by atoms with Gasteiger partial charge in [0.15, 0.2) is 0 Å². The minimum Gasteiger partial charge on any atom is -0.480 e. The zero-order valence-corrected chi connectivity index (χ0v) is 22.2. The highest BCUT2D eigenvalue weighted by Crippen LogP contribution is 2.26. The molecule has 1 fully saturated rings. The molecule has 8 heteroatoms. The lowest BCUT2D eigenvalue weighted by molar-refractivity contribution is -0.139. The molecule has 3 aromatic rings. The number of carbonyl (C=O) groups excluding carboxylic acids is 2. The number of nitrogens with zero attached hydrogens (tertiary/aromatic N) is 2. The van der Waals surface area contributed by atoms with Crippen molar-refractivity contribution in [3.8, 4) is 0 Å². The molecule has 1 aliphatic rings. The largest absolute Gasteiger partial charge is 0.480 e. The van der Waals surface area contributed by atoms with E-state index in [4.69, 9.17) is 0 Å². The number of hydrogen-bond donors (Lipinski definition) is 3. The van der Waals surface area contributed by atoms with Crippen LogP contribution in [0.25, 0.3) is 0 Å². The quantitative estimate of drug-likeness (QED) is 0.395. The Labute approximate surface area is 223 Å². The Morgan fingerprint density at radius 3 is 2.34 bits per heavy atom. The van der Waals surface area contributed by atoms with Gasteiger partial charge in [0.05, 0.1) is 0 Å². The molecule has 1 aromatic heterocycles. The summed E-state index contributed by atoms with van der Waals surface area (Å²) < 4.78 is 0. The lowest BCUT2D eigenvalue weighted by Crippen LogP contribution is -2.42. The van der Waals surface area contributed by atoms with Crippen LogP contribution < -0.4 is 15.5 Å². The first-order chi connectivity index (χ1) is 18.1. The summed E-state index contributed by atoms with van der Waals surface area (Å²) in [7, 11) is 0. The predicted molar refractivity (Wildman–Crippen MR) is 148 cm³/mol. The van der Waals surface area contributed by atoms with Crippen LogP contribution in [0.4, 0.5) is 11.5 Å². The molecule has 0 saturated carbocycles. The van der Waals surface area contributed by atoms with Gasteiger partial charge in [0.2, 0.25) is 5.91 Å². The van der Waals surface area contributed by atoms with Crippen LogP contribution in [0.1, 0.15) is 44.6 Å². The molecule has 2 amide bonds. The maximum Gasteiger partial charge on any atom is 0.326 e. The van der Waals surface area contributed by atoms with Gasteiger partial charge in [0.25, 0.3) is 5.91 Å². The molecule has 0 radical (unpaired) electrons. The summed E-state index contributed by atoms with van der Waals surface area (Å²) in [4.78, 5) is 43.7. The number of carboxylic acids is 1. The van der Waals surface area contributed by atoms with E-state index in [9.17, 15) is 19.5 Å². The first kappa shape index (κ1) is 26.9. The lowest BCUT2D eigenvalue weighted by atomic mass is 9.98. The molecule has 1 aliphatic heterocycles. The van der Waals surface area contributed by atoms with E-state index < -0.39 is 17.9 Å². The van der Waals surface area contributed by atoms with Crippen LogP contribution in [-0.2, 0) is 16.0 Å². The van der Waals surface area contributed by atoms with Crippen LogP contribution in [0.3, 0.4) is 0 Å². The van der Waals surface area contributed by atoms with Crippen molar-refractivity contribution in [3.05, 3.63) is 88.1 Å². The Balaban J connectivity index is 1.37. The molecule has 0 aliphatic carbocycles. The van der Waals surface area contributed by atoms with Gasteiger partial charge in [-0.05, 0) is 74.2 Å². The first-order valence-electron chi connectivity index (χ1n) is 12.8. The van der Waals surface area contributed by atoms with E-state index in [-0.39, 0.29) is 18.2 Å². The fourth-order valence-corrected chi connectivity index (χ4v) is 5.07. The molecular weight excluding hydrogens is 480 g/mol. The molecule has 38 heavy (non-hydrogen) atoms. The third-order valence-corrected chi connectivity index (χ3v) is 6.89. The number of nitrogens with one attached hydrogen (secondary N) is 2. The summed E-state index contributed by atoms with van der Waals surface area (Å²) in [6, 6.07) is 14.0. The van der Waals surface area contributed by atoms with Crippen LogP contribution >= 0.6 is 0 Å². The Kier molecular flexibility index (Phi) is 8.10. The van der Waals surface area contributed by atoms with Gasteiger partial charge < -0.3 is 20.6 Å². The molecule has 8 nitrogen and oxygen atoms in total. The summed E-state index contributed by atoms with van der Waals surface area (Å²) in [5.41, 5.74) is 5.84. The summed E-state index contributed by atoms with van der Waals surface area (Å²) in [6.45, 7) is 8.92. The van der Waals surface area contributed by atoms with Crippen LogP contribution in [0.5, 0.6) is 0 Å². The minimum absolute atomic E-state index is 0.0567. The zero-order chi connectivity index (χ0) is 27.4. The molecule has 3 N–H and O–H groups in total.